The third-order valence-electron chi connectivity index (χ3n) is 2.94. The minimum atomic E-state index is -0.840. The number of para-hydroxylation sites is 1. The number of hydrogen-bond donors (Lipinski definition) is 1. The van der Waals surface area contributed by atoms with Crippen molar-refractivity contribution < 1.29 is 9.90 Å². The molecule has 2 rings (SSSR count). The van der Waals surface area contributed by atoms with Crippen molar-refractivity contribution in [3.8, 4) is 0 Å². The molecule has 1 aliphatic rings. The molecule has 3 nitrogen and oxygen atoms in total. The number of anilines is 1. The van der Waals surface area contributed by atoms with Gasteiger partial charge in [-0.25, -0.2) is 4.79 Å². The molecule has 1 heterocycles. The Labute approximate surface area is 95.0 Å². The van der Waals surface area contributed by atoms with Crippen molar-refractivity contribution in [1.82, 2.24) is 0 Å². The summed E-state index contributed by atoms with van der Waals surface area (Å²) in [5, 5.41) is 8.76. The van der Waals surface area contributed by atoms with Crippen LogP contribution in [0.3, 0.4) is 0 Å². The molecule has 16 heavy (non-hydrogen) atoms. The second-order valence-electron chi connectivity index (χ2n) is 4.02. The van der Waals surface area contributed by atoms with Crippen molar-refractivity contribution in [2.24, 2.45) is 0 Å². The summed E-state index contributed by atoms with van der Waals surface area (Å²) < 4.78 is 0. The van der Waals surface area contributed by atoms with Gasteiger partial charge in [0.1, 0.15) is 0 Å². The zero-order valence-corrected chi connectivity index (χ0v) is 9.31. The summed E-state index contributed by atoms with van der Waals surface area (Å²) >= 11 is 0. The van der Waals surface area contributed by atoms with Gasteiger partial charge in [-0.3, -0.25) is 0 Å². The molecule has 0 spiro atoms. The Bertz CT molecular complexity index is 437. The average Bonchev–Trinajstić information content (AvgIpc) is 2.69. The SMILES string of the molecule is CC(=CCN1CCc2ccccc21)C(=O)O. The van der Waals surface area contributed by atoms with Crippen molar-refractivity contribution in [3.63, 3.8) is 0 Å². The molecule has 0 fully saturated rings. The molecule has 1 aromatic rings. The third-order valence-corrected chi connectivity index (χ3v) is 2.94. The summed E-state index contributed by atoms with van der Waals surface area (Å²) in [7, 11) is 0. The summed E-state index contributed by atoms with van der Waals surface area (Å²) in [5.41, 5.74) is 2.99. The van der Waals surface area contributed by atoms with Gasteiger partial charge in [-0.2, -0.15) is 0 Å². The monoisotopic (exact) mass is 217 g/mol. The Morgan fingerprint density at radius 1 is 1.50 bits per heavy atom. The molecule has 1 aliphatic heterocycles. The quantitative estimate of drug-likeness (QED) is 0.788. The Balaban J connectivity index is 2.09. The number of carbonyl (C=O) groups is 1. The predicted octanol–water partition coefficient (Wildman–Crippen LogP) is 2.08. The summed E-state index contributed by atoms with van der Waals surface area (Å²) in [6, 6.07) is 8.28. The molecule has 0 atom stereocenters. The van der Waals surface area contributed by atoms with E-state index in [4.69, 9.17) is 5.11 Å². The molecule has 0 bridgehead atoms. The van der Waals surface area contributed by atoms with Gasteiger partial charge in [0, 0.05) is 24.4 Å². The van der Waals surface area contributed by atoms with E-state index in [-0.39, 0.29) is 0 Å². The second kappa shape index (κ2) is 4.39. The van der Waals surface area contributed by atoms with Crippen molar-refractivity contribution in [2.45, 2.75) is 13.3 Å². The predicted molar refractivity (Wildman–Crippen MR) is 63.8 cm³/mol. The molecule has 1 N–H and O–H groups in total. The van der Waals surface area contributed by atoms with Crippen molar-refractivity contribution in [3.05, 3.63) is 41.5 Å². The van der Waals surface area contributed by atoms with Gasteiger partial charge < -0.3 is 10.0 Å². The van der Waals surface area contributed by atoms with Crippen LogP contribution < -0.4 is 4.90 Å². The molecule has 0 aromatic heterocycles. The number of carboxylic acids is 1. The van der Waals surface area contributed by atoms with E-state index in [0.717, 1.165) is 13.0 Å². The van der Waals surface area contributed by atoms with Crippen LogP contribution in [-0.4, -0.2) is 24.2 Å². The minimum Gasteiger partial charge on any atom is -0.478 e. The number of rotatable bonds is 3. The lowest BCUT2D eigenvalue weighted by Crippen LogP contribution is -2.20. The molecule has 0 saturated heterocycles. The first-order chi connectivity index (χ1) is 7.68. The van der Waals surface area contributed by atoms with Crippen LogP contribution in [0.1, 0.15) is 12.5 Å². The maximum Gasteiger partial charge on any atom is 0.331 e. The first-order valence-corrected chi connectivity index (χ1v) is 5.41. The number of nitrogens with zero attached hydrogens (tertiary/aromatic N) is 1. The van der Waals surface area contributed by atoms with Crippen molar-refractivity contribution in [1.29, 1.82) is 0 Å². The van der Waals surface area contributed by atoms with E-state index in [1.807, 2.05) is 12.1 Å². The third kappa shape index (κ3) is 2.08. The molecule has 0 unspecified atom stereocenters. The van der Waals surface area contributed by atoms with Gasteiger partial charge in [0.2, 0.25) is 0 Å². The van der Waals surface area contributed by atoms with E-state index < -0.39 is 5.97 Å². The zero-order valence-electron chi connectivity index (χ0n) is 9.31. The smallest absolute Gasteiger partial charge is 0.331 e. The van der Waals surface area contributed by atoms with E-state index in [0.29, 0.717) is 12.1 Å². The highest BCUT2D eigenvalue weighted by Crippen LogP contribution is 2.26. The number of fused-ring (bicyclic) bond motifs is 1. The van der Waals surface area contributed by atoms with E-state index in [2.05, 4.69) is 17.0 Å². The van der Waals surface area contributed by atoms with Crippen LogP contribution in [0.15, 0.2) is 35.9 Å². The van der Waals surface area contributed by atoms with Gasteiger partial charge in [0.15, 0.2) is 0 Å². The highest BCUT2D eigenvalue weighted by Gasteiger charge is 2.16. The number of benzene rings is 1. The molecule has 0 amide bonds. The fourth-order valence-corrected chi connectivity index (χ4v) is 1.93. The summed E-state index contributed by atoms with van der Waals surface area (Å²) in [6.45, 7) is 3.28. The molecule has 3 heteroatoms. The second-order valence-corrected chi connectivity index (χ2v) is 4.02. The van der Waals surface area contributed by atoms with Gasteiger partial charge >= 0.3 is 5.97 Å². The Kier molecular flexibility index (Phi) is 2.95. The summed E-state index contributed by atoms with van der Waals surface area (Å²) in [4.78, 5) is 12.9. The molecule has 0 radical (unpaired) electrons. The van der Waals surface area contributed by atoms with Crippen LogP contribution in [0.25, 0.3) is 0 Å². The minimum absolute atomic E-state index is 0.407. The Morgan fingerprint density at radius 2 is 2.25 bits per heavy atom. The zero-order chi connectivity index (χ0) is 11.5. The van der Waals surface area contributed by atoms with E-state index >= 15 is 0 Å². The fourth-order valence-electron chi connectivity index (χ4n) is 1.93. The summed E-state index contributed by atoms with van der Waals surface area (Å²) in [5.74, 6) is -0.840. The lowest BCUT2D eigenvalue weighted by molar-refractivity contribution is -0.132. The average molecular weight is 217 g/mol. The number of hydrogen-bond acceptors (Lipinski definition) is 2. The standard InChI is InChI=1S/C13H15NO2/c1-10(13(15)16)6-8-14-9-7-11-4-2-3-5-12(11)14/h2-6H,7-9H2,1H3,(H,15,16). The highest BCUT2D eigenvalue weighted by atomic mass is 16.4. The number of carboxylic acid groups (broad SMARTS) is 1. The van der Waals surface area contributed by atoms with Gasteiger partial charge in [0.25, 0.3) is 0 Å². The first kappa shape index (κ1) is 10.7. The van der Waals surface area contributed by atoms with Gasteiger partial charge in [-0.15, -0.1) is 0 Å². The van der Waals surface area contributed by atoms with Crippen LogP contribution in [0.2, 0.25) is 0 Å². The maximum atomic E-state index is 10.7. The van der Waals surface area contributed by atoms with Crippen LogP contribution in [0, 0.1) is 0 Å². The molecule has 84 valence electrons. The van der Waals surface area contributed by atoms with Crippen LogP contribution in [0.5, 0.6) is 0 Å². The topological polar surface area (TPSA) is 40.5 Å². The lowest BCUT2D eigenvalue weighted by atomic mass is 10.2. The van der Waals surface area contributed by atoms with Crippen molar-refractivity contribution >= 4 is 11.7 Å². The lowest BCUT2D eigenvalue weighted by Gasteiger charge is -2.17. The molecule has 1 aromatic carbocycles. The van der Waals surface area contributed by atoms with Gasteiger partial charge in [0.05, 0.1) is 0 Å². The van der Waals surface area contributed by atoms with E-state index in [1.165, 1.54) is 11.3 Å². The molecule has 0 aliphatic carbocycles. The maximum absolute atomic E-state index is 10.7. The van der Waals surface area contributed by atoms with Gasteiger partial charge in [-0.05, 0) is 25.0 Å². The molecular weight excluding hydrogens is 202 g/mol. The van der Waals surface area contributed by atoms with Crippen LogP contribution >= 0.6 is 0 Å². The number of aliphatic carboxylic acids is 1. The molecule has 0 saturated carbocycles. The largest absolute Gasteiger partial charge is 0.478 e. The van der Waals surface area contributed by atoms with Crippen LogP contribution in [0.4, 0.5) is 5.69 Å². The Hall–Kier alpha value is -1.77. The highest BCUT2D eigenvalue weighted by molar-refractivity contribution is 5.85. The van der Waals surface area contributed by atoms with E-state index in [9.17, 15) is 4.79 Å². The first-order valence-electron chi connectivity index (χ1n) is 5.41. The van der Waals surface area contributed by atoms with Gasteiger partial charge in [-0.1, -0.05) is 24.3 Å². The van der Waals surface area contributed by atoms with Crippen molar-refractivity contribution in [2.75, 3.05) is 18.0 Å². The Morgan fingerprint density at radius 3 is 3.00 bits per heavy atom. The summed E-state index contributed by atoms with van der Waals surface area (Å²) in [6.07, 6.45) is 2.82. The normalized spacial score (nSPS) is 15.1. The van der Waals surface area contributed by atoms with Crippen LogP contribution in [-0.2, 0) is 11.2 Å². The fraction of sp³-hybridized carbons (Fsp3) is 0.308. The molecular formula is C13H15NO2. The van der Waals surface area contributed by atoms with E-state index in [1.54, 1.807) is 13.0 Å².